The largest absolute Gasteiger partial charge is 0.372 e. The second-order valence-corrected chi connectivity index (χ2v) is 8.59. The summed E-state index contributed by atoms with van der Waals surface area (Å²) in [7, 11) is 0. The molecule has 3 fully saturated rings. The fourth-order valence-corrected chi connectivity index (χ4v) is 4.74. The van der Waals surface area contributed by atoms with E-state index >= 15 is 0 Å². The van der Waals surface area contributed by atoms with Crippen LogP contribution in [0.4, 0.5) is 11.4 Å². The zero-order valence-corrected chi connectivity index (χ0v) is 16.3. The lowest BCUT2D eigenvalue weighted by Crippen LogP contribution is -2.35. The van der Waals surface area contributed by atoms with Gasteiger partial charge in [0.15, 0.2) is 0 Å². The van der Waals surface area contributed by atoms with Gasteiger partial charge < -0.3 is 15.1 Å². The molecule has 2 saturated heterocycles. The smallest absolute Gasteiger partial charge is 0.229 e. The van der Waals surface area contributed by atoms with Gasteiger partial charge in [-0.3, -0.25) is 9.59 Å². The van der Waals surface area contributed by atoms with E-state index in [0.29, 0.717) is 19.0 Å². The Kier molecular flexibility index (Phi) is 5.37. The van der Waals surface area contributed by atoms with E-state index in [1.165, 1.54) is 31.4 Å². The van der Waals surface area contributed by atoms with Crippen molar-refractivity contribution in [3.05, 3.63) is 24.3 Å². The van der Waals surface area contributed by atoms with E-state index < -0.39 is 0 Å². The summed E-state index contributed by atoms with van der Waals surface area (Å²) in [4.78, 5) is 29.3. The predicted octanol–water partition coefficient (Wildman–Crippen LogP) is 3.65. The number of carbonyl (C=O) groups is 2. The normalized spacial score (nSPS) is 24.6. The molecule has 2 heterocycles. The molecule has 1 aromatic rings. The summed E-state index contributed by atoms with van der Waals surface area (Å²) in [5.74, 6) is 0.721. The first kappa shape index (κ1) is 18.3. The first-order valence-corrected chi connectivity index (χ1v) is 10.6. The van der Waals surface area contributed by atoms with Crippen molar-refractivity contribution < 1.29 is 9.59 Å². The van der Waals surface area contributed by atoms with Crippen molar-refractivity contribution in [3.63, 3.8) is 0 Å². The number of nitrogens with one attached hydrogen (secondary N) is 1. The van der Waals surface area contributed by atoms with E-state index in [9.17, 15) is 9.59 Å². The Bertz CT molecular complexity index is 673. The highest BCUT2D eigenvalue weighted by Crippen LogP contribution is 2.30. The molecule has 3 aliphatic rings. The first-order valence-electron chi connectivity index (χ1n) is 10.6. The number of nitrogens with zero attached hydrogens (tertiary/aromatic N) is 2. The molecule has 2 aliphatic heterocycles. The van der Waals surface area contributed by atoms with Crippen LogP contribution in [0, 0.1) is 11.8 Å². The highest BCUT2D eigenvalue weighted by atomic mass is 16.2. The monoisotopic (exact) mass is 369 g/mol. The van der Waals surface area contributed by atoms with Crippen molar-refractivity contribution in [2.24, 2.45) is 11.8 Å². The van der Waals surface area contributed by atoms with Gasteiger partial charge in [0, 0.05) is 43.5 Å². The second kappa shape index (κ2) is 7.91. The van der Waals surface area contributed by atoms with Crippen LogP contribution in [0.2, 0.25) is 0 Å². The Morgan fingerprint density at radius 2 is 1.70 bits per heavy atom. The van der Waals surface area contributed by atoms with E-state index in [0.717, 1.165) is 37.5 Å². The van der Waals surface area contributed by atoms with Crippen LogP contribution >= 0.6 is 0 Å². The Labute approximate surface area is 162 Å². The van der Waals surface area contributed by atoms with Crippen molar-refractivity contribution >= 4 is 23.2 Å². The number of carbonyl (C=O) groups excluding carboxylic acids is 2. The first-order chi connectivity index (χ1) is 13.1. The number of piperidine rings is 1. The molecule has 0 bridgehead atoms. The highest BCUT2D eigenvalue weighted by molar-refractivity contribution is 5.97. The fraction of sp³-hybridized carbons (Fsp3) is 0.636. The van der Waals surface area contributed by atoms with Crippen molar-refractivity contribution in [2.45, 2.75) is 57.9 Å². The van der Waals surface area contributed by atoms with Crippen LogP contribution < -0.4 is 10.2 Å². The molecular weight excluding hydrogens is 338 g/mol. The van der Waals surface area contributed by atoms with Crippen molar-refractivity contribution in [1.82, 2.24) is 4.90 Å². The number of hydrogen-bond donors (Lipinski definition) is 1. The summed E-state index contributed by atoms with van der Waals surface area (Å²) in [6.07, 6.45) is 7.43. The third kappa shape index (κ3) is 4.12. The van der Waals surface area contributed by atoms with E-state index in [4.69, 9.17) is 0 Å². The maximum atomic E-state index is 12.6. The summed E-state index contributed by atoms with van der Waals surface area (Å²) >= 11 is 0. The molecule has 1 saturated carbocycles. The lowest BCUT2D eigenvalue weighted by Gasteiger charge is -2.32. The van der Waals surface area contributed by atoms with E-state index in [-0.39, 0.29) is 17.7 Å². The lowest BCUT2D eigenvalue weighted by molar-refractivity contribution is -0.129. The van der Waals surface area contributed by atoms with Crippen LogP contribution in [0.15, 0.2) is 24.3 Å². The topological polar surface area (TPSA) is 52.7 Å². The molecule has 0 aromatic heterocycles. The standard InChI is InChI=1S/C22H31N3O2/c1-16-10-12-24(13-11-16)19-8-6-18(7-9-19)23-22(27)17-14-21(26)25(15-17)20-4-2-3-5-20/h6-9,16-17,20H,2-5,10-15H2,1H3,(H,23,27). The minimum absolute atomic E-state index is 0.0246. The van der Waals surface area contributed by atoms with Crippen molar-refractivity contribution in [3.8, 4) is 0 Å². The molecule has 146 valence electrons. The number of benzene rings is 1. The summed E-state index contributed by atoms with van der Waals surface area (Å²) in [5, 5.41) is 3.02. The summed E-state index contributed by atoms with van der Waals surface area (Å²) in [5.41, 5.74) is 2.05. The van der Waals surface area contributed by atoms with E-state index in [1.54, 1.807) is 0 Å². The Balaban J connectivity index is 1.32. The molecule has 5 heteroatoms. The lowest BCUT2D eigenvalue weighted by atomic mass is 9.99. The number of hydrogen-bond acceptors (Lipinski definition) is 3. The molecule has 4 rings (SSSR count). The number of likely N-dealkylation sites (tertiary alicyclic amines) is 1. The zero-order valence-electron chi connectivity index (χ0n) is 16.3. The van der Waals surface area contributed by atoms with Gasteiger partial charge in [0.25, 0.3) is 0 Å². The van der Waals surface area contributed by atoms with Gasteiger partial charge in [-0.05, 0) is 55.9 Å². The SMILES string of the molecule is CC1CCN(c2ccc(NC(=O)C3CC(=O)N(C4CCCC4)C3)cc2)CC1. The Morgan fingerprint density at radius 3 is 2.37 bits per heavy atom. The number of anilines is 2. The summed E-state index contributed by atoms with van der Waals surface area (Å²) in [6, 6.07) is 8.52. The van der Waals surface area contributed by atoms with Crippen LogP contribution in [0.3, 0.4) is 0 Å². The van der Waals surface area contributed by atoms with Gasteiger partial charge in [0.05, 0.1) is 5.92 Å². The quantitative estimate of drug-likeness (QED) is 0.881. The molecule has 2 amide bonds. The third-order valence-corrected chi connectivity index (χ3v) is 6.58. The minimum Gasteiger partial charge on any atom is -0.372 e. The van der Waals surface area contributed by atoms with Crippen LogP contribution in [-0.4, -0.2) is 42.4 Å². The molecule has 1 aliphatic carbocycles. The molecule has 27 heavy (non-hydrogen) atoms. The zero-order chi connectivity index (χ0) is 18.8. The molecule has 1 atom stereocenters. The van der Waals surface area contributed by atoms with Crippen LogP contribution in [0.5, 0.6) is 0 Å². The van der Waals surface area contributed by atoms with E-state index in [2.05, 4.69) is 29.3 Å². The van der Waals surface area contributed by atoms with Gasteiger partial charge in [-0.2, -0.15) is 0 Å². The van der Waals surface area contributed by atoms with Gasteiger partial charge in [-0.25, -0.2) is 0 Å². The molecule has 0 radical (unpaired) electrons. The van der Waals surface area contributed by atoms with Crippen LogP contribution in [0.1, 0.15) is 51.9 Å². The van der Waals surface area contributed by atoms with Crippen LogP contribution in [-0.2, 0) is 9.59 Å². The average Bonchev–Trinajstić information content (AvgIpc) is 3.32. The van der Waals surface area contributed by atoms with Gasteiger partial charge in [-0.1, -0.05) is 19.8 Å². The maximum Gasteiger partial charge on any atom is 0.229 e. The number of amides is 2. The average molecular weight is 370 g/mol. The van der Waals surface area contributed by atoms with E-state index in [1.807, 2.05) is 17.0 Å². The van der Waals surface area contributed by atoms with Crippen molar-refractivity contribution in [2.75, 3.05) is 29.9 Å². The highest BCUT2D eigenvalue weighted by Gasteiger charge is 2.38. The minimum atomic E-state index is -0.221. The van der Waals surface area contributed by atoms with Gasteiger partial charge in [-0.15, -0.1) is 0 Å². The molecular formula is C22H31N3O2. The van der Waals surface area contributed by atoms with Gasteiger partial charge in [0.2, 0.25) is 11.8 Å². The van der Waals surface area contributed by atoms with Gasteiger partial charge >= 0.3 is 0 Å². The molecule has 1 aromatic carbocycles. The number of rotatable bonds is 4. The summed E-state index contributed by atoms with van der Waals surface area (Å²) < 4.78 is 0. The Morgan fingerprint density at radius 1 is 1.04 bits per heavy atom. The second-order valence-electron chi connectivity index (χ2n) is 8.59. The predicted molar refractivity (Wildman–Crippen MR) is 108 cm³/mol. The molecule has 1 N–H and O–H groups in total. The van der Waals surface area contributed by atoms with Crippen LogP contribution in [0.25, 0.3) is 0 Å². The van der Waals surface area contributed by atoms with Gasteiger partial charge in [0.1, 0.15) is 0 Å². The molecule has 1 unspecified atom stereocenters. The summed E-state index contributed by atoms with van der Waals surface area (Å²) in [6.45, 7) is 5.11. The molecule has 0 spiro atoms. The molecule has 5 nitrogen and oxygen atoms in total. The van der Waals surface area contributed by atoms with Crippen molar-refractivity contribution in [1.29, 1.82) is 0 Å². The Hall–Kier alpha value is -2.04. The third-order valence-electron chi connectivity index (χ3n) is 6.58. The fourth-order valence-electron chi connectivity index (χ4n) is 4.74. The maximum absolute atomic E-state index is 12.6.